The Balaban J connectivity index is 1.91. The number of hydrogen-bond acceptors (Lipinski definition) is 4. The fraction of sp³-hybridized carbons (Fsp3) is 0.250. The minimum atomic E-state index is -0.803. The highest BCUT2D eigenvalue weighted by atomic mass is 32.1. The van der Waals surface area contributed by atoms with E-state index in [4.69, 9.17) is 4.84 Å². The van der Waals surface area contributed by atoms with Gasteiger partial charge in [0.05, 0.1) is 4.88 Å². The van der Waals surface area contributed by atoms with Crippen LogP contribution in [0, 0.1) is 13.8 Å². The van der Waals surface area contributed by atoms with Crippen molar-refractivity contribution in [3.05, 3.63) is 51.7 Å². The molecule has 2 N–H and O–H groups in total. The Morgan fingerprint density at radius 3 is 2.41 bits per heavy atom. The summed E-state index contributed by atoms with van der Waals surface area (Å²) in [7, 11) is 0. The van der Waals surface area contributed by atoms with Crippen molar-refractivity contribution < 1.29 is 14.4 Å². The van der Waals surface area contributed by atoms with Gasteiger partial charge < -0.3 is 5.32 Å². The van der Waals surface area contributed by atoms with Crippen molar-refractivity contribution >= 4 is 28.8 Å². The van der Waals surface area contributed by atoms with Gasteiger partial charge in [-0.3, -0.25) is 14.4 Å². The number of carbonyl (C=O) groups excluding carboxylic acids is 2. The standard InChI is InChI=1S/C16H18N2O3S/c1-10-6-4-7-11(2)14(10)17-15(19)12(3)21-18-16(20)13-8-5-9-22-13/h4-9,12H,1-3H3,(H,17,19)(H,18,20)/t12-/m0/s1. The number of nitrogens with one attached hydrogen (secondary N) is 2. The van der Waals surface area contributed by atoms with Crippen LogP contribution in [-0.2, 0) is 9.63 Å². The zero-order chi connectivity index (χ0) is 16.1. The van der Waals surface area contributed by atoms with Crippen LogP contribution in [0.1, 0.15) is 27.7 Å². The second kappa shape index (κ2) is 7.20. The lowest BCUT2D eigenvalue weighted by Gasteiger charge is -2.16. The van der Waals surface area contributed by atoms with Gasteiger partial charge in [-0.2, -0.15) is 0 Å². The minimum absolute atomic E-state index is 0.316. The average molecular weight is 318 g/mol. The van der Waals surface area contributed by atoms with Gasteiger partial charge in [0.2, 0.25) is 0 Å². The molecule has 1 atom stereocenters. The van der Waals surface area contributed by atoms with E-state index in [9.17, 15) is 9.59 Å². The van der Waals surface area contributed by atoms with Crippen LogP contribution < -0.4 is 10.8 Å². The Bertz CT molecular complexity index is 648. The molecule has 5 nitrogen and oxygen atoms in total. The molecule has 0 bridgehead atoms. The smallest absolute Gasteiger partial charge is 0.284 e. The SMILES string of the molecule is Cc1cccc(C)c1NC(=O)[C@H](C)ONC(=O)c1cccs1. The van der Waals surface area contributed by atoms with E-state index in [2.05, 4.69) is 10.8 Å². The van der Waals surface area contributed by atoms with Crippen LogP contribution in [0.15, 0.2) is 35.7 Å². The lowest BCUT2D eigenvalue weighted by molar-refractivity contribution is -0.129. The van der Waals surface area contributed by atoms with Crippen LogP contribution in [0.5, 0.6) is 0 Å². The van der Waals surface area contributed by atoms with Crippen molar-refractivity contribution in [2.24, 2.45) is 0 Å². The first-order valence-corrected chi connectivity index (χ1v) is 7.73. The van der Waals surface area contributed by atoms with Crippen LogP contribution >= 0.6 is 11.3 Å². The third-order valence-corrected chi connectivity index (χ3v) is 4.04. The van der Waals surface area contributed by atoms with E-state index in [1.165, 1.54) is 11.3 Å². The summed E-state index contributed by atoms with van der Waals surface area (Å²) in [6.45, 7) is 5.43. The number of para-hydroxylation sites is 1. The van der Waals surface area contributed by atoms with E-state index >= 15 is 0 Å². The first kappa shape index (κ1) is 16.2. The highest BCUT2D eigenvalue weighted by Crippen LogP contribution is 2.19. The number of benzene rings is 1. The third-order valence-electron chi connectivity index (χ3n) is 3.17. The molecule has 2 rings (SSSR count). The largest absolute Gasteiger partial charge is 0.323 e. The van der Waals surface area contributed by atoms with Crippen LogP contribution in [0.2, 0.25) is 0 Å². The van der Waals surface area contributed by atoms with Gasteiger partial charge in [-0.25, -0.2) is 5.48 Å². The molecule has 1 aromatic carbocycles. The highest BCUT2D eigenvalue weighted by Gasteiger charge is 2.17. The number of anilines is 1. The van der Waals surface area contributed by atoms with Crippen LogP contribution in [0.25, 0.3) is 0 Å². The molecule has 116 valence electrons. The van der Waals surface area contributed by atoms with Crippen LogP contribution in [0.3, 0.4) is 0 Å². The lowest BCUT2D eigenvalue weighted by Crippen LogP contribution is -2.35. The van der Waals surface area contributed by atoms with Crippen molar-refractivity contribution in [2.45, 2.75) is 26.9 Å². The molecule has 0 unspecified atom stereocenters. The number of aryl methyl sites for hydroxylation is 2. The Morgan fingerprint density at radius 2 is 1.82 bits per heavy atom. The average Bonchev–Trinajstić information content (AvgIpc) is 3.02. The molecule has 6 heteroatoms. The zero-order valence-electron chi connectivity index (χ0n) is 12.7. The summed E-state index contributed by atoms with van der Waals surface area (Å²) in [5.41, 5.74) is 5.01. The van der Waals surface area contributed by atoms with Gasteiger partial charge in [0.1, 0.15) is 0 Å². The van der Waals surface area contributed by atoms with Crippen molar-refractivity contribution in [2.75, 3.05) is 5.32 Å². The maximum atomic E-state index is 12.1. The summed E-state index contributed by atoms with van der Waals surface area (Å²) < 4.78 is 0. The Labute approximate surface area is 133 Å². The maximum absolute atomic E-state index is 12.1. The molecule has 1 aromatic heterocycles. The molecule has 0 spiro atoms. The second-order valence-electron chi connectivity index (χ2n) is 4.92. The van der Waals surface area contributed by atoms with Gasteiger partial charge in [0.15, 0.2) is 6.10 Å². The molecule has 22 heavy (non-hydrogen) atoms. The molecule has 0 saturated carbocycles. The molecule has 2 aromatic rings. The second-order valence-corrected chi connectivity index (χ2v) is 5.87. The van der Waals surface area contributed by atoms with E-state index in [-0.39, 0.29) is 11.8 Å². The number of thiophene rings is 1. The Hall–Kier alpha value is -2.18. The number of carbonyl (C=O) groups is 2. The number of rotatable bonds is 5. The Morgan fingerprint density at radius 1 is 1.14 bits per heavy atom. The van der Waals surface area contributed by atoms with E-state index in [0.29, 0.717) is 4.88 Å². The summed E-state index contributed by atoms with van der Waals surface area (Å²) in [6.07, 6.45) is -0.803. The Kier molecular flexibility index (Phi) is 5.30. The molecule has 0 saturated heterocycles. The van der Waals surface area contributed by atoms with Gasteiger partial charge in [-0.15, -0.1) is 11.3 Å². The lowest BCUT2D eigenvalue weighted by atomic mass is 10.1. The van der Waals surface area contributed by atoms with Crippen molar-refractivity contribution in [3.8, 4) is 0 Å². The summed E-state index contributed by atoms with van der Waals surface area (Å²) in [4.78, 5) is 29.5. The van der Waals surface area contributed by atoms with Crippen molar-refractivity contribution in [3.63, 3.8) is 0 Å². The van der Waals surface area contributed by atoms with Gasteiger partial charge in [0, 0.05) is 5.69 Å². The maximum Gasteiger partial charge on any atom is 0.284 e. The predicted octanol–water partition coefficient (Wildman–Crippen LogP) is 3.05. The first-order valence-electron chi connectivity index (χ1n) is 6.85. The number of hydroxylamine groups is 1. The van der Waals surface area contributed by atoms with E-state index < -0.39 is 6.10 Å². The van der Waals surface area contributed by atoms with Crippen molar-refractivity contribution in [1.82, 2.24) is 5.48 Å². The molecule has 0 radical (unpaired) electrons. The molecular weight excluding hydrogens is 300 g/mol. The monoisotopic (exact) mass is 318 g/mol. The number of hydrogen-bond donors (Lipinski definition) is 2. The topological polar surface area (TPSA) is 67.4 Å². The van der Waals surface area contributed by atoms with E-state index in [1.807, 2.05) is 32.0 Å². The van der Waals surface area contributed by atoms with E-state index in [1.54, 1.807) is 24.4 Å². The molecule has 0 aliphatic heterocycles. The van der Waals surface area contributed by atoms with Gasteiger partial charge in [-0.1, -0.05) is 24.3 Å². The van der Waals surface area contributed by atoms with Gasteiger partial charge >= 0.3 is 0 Å². The quantitative estimate of drug-likeness (QED) is 0.833. The molecule has 0 aliphatic rings. The molecule has 2 amide bonds. The van der Waals surface area contributed by atoms with Gasteiger partial charge in [-0.05, 0) is 43.3 Å². The summed E-state index contributed by atoms with van der Waals surface area (Å²) in [6, 6.07) is 9.24. The summed E-state index contributed by atoms with van der Waals surface area (Å²) >= 11 is 1.31. The zero-order valence-corrected chi connectivity index (χ0v) is 13.5. The summed E-state index contributed by atoms with van der Waals surface area (Å²) in [5.74, 6) is -0.675. The van der Waals surface area contributed by atoms with E-state index in [0.717, 1.165) is 16.8 Å². The minimum Gasteiger partial charge on any atom is -0.323 e. The first-order chi connectivity index (χ1) is 10.5. The molecule has 1 heterocycles. The predicted molar refractivity (Wildman–Crippen MR) is 86.9 cm³/mol. The molecular formula is C16H18N2O3S. The van der Waals surface area contributed by atoms with Gasteiger partial charge in [0.25, 0.3) is 11.8 Å². The highest BCUT2D eigenvalue weighted by molar-refractivity contribution is 7.12. The van der Waals surface area contributed by atoms with Crippen molar-refractivity contribution in [1.29, 1.82) is 0 Å². The molecule has 0 aliphatic carbocycles. The molecule has 0 fully saturated rings. The number of amides is 2. The third kappa shape index (κ3) is 3.93. The van der Waals surface area contributed by atoms with Crippen LogP contribution in [-0.4, -0.2) is 17.9 Å². The van der Waals surface area contributed by atoms with Crippen LogP contribution in [0.4, 0.5) is 5.69 Å². The fourth-order valence-electron chi connectivity index (χ4n) is 1.89. The summed E-state index contributed by atoms with van der Waals surface area (Å²) in [5, 5.41) is 4.62. The fourth-order valence-corrected chi connectivity index (χ4v) is 2.50. The normalized spacial score (nSPS) is 11.8.